The Bertz CT molecular complexity index is 1260. The van der Waals surface area contributed by atoms with E-state index >= 15 is 0 Å². The summed E-state index contributed by atoms with van der Waals surface area (Å²) in [6.45, 7) is 0. The second kappa shape index (κ2) is 7.72. The quantitative estimate of drug-likeness (QED) is 0.429. The molecule has 0 radical (unpaired) electrons. The van der Waals surface area contributed by atoms with Crippen molar-refractivity contribution < 1.29 is 23.8 Å². The largest absolute Gasteiger partial charge is 0.494 e. The maximum atomic E-state index is 12.4. The number of nitrogens with zero attached hydrogens (tertiary/aromatic N) is 2. The lowest BCUT2D eigenvalue weighted by Gasteiger charge is -2.26. The van der Waals surface area contributed by atoms with E-state index in [4.69, 9.17) is 19.5 Å². The molecule has 156 valence electrons. The van der Waals surface area contributed by atoms with Gasteiger partial charge in [0.15, 0.2) is 11.5 Å². The monoisotopic (exact) mass is 419 g/mol. The van der Waals surface area contributed by atoms with Gasteiger partial charge in [0.05, 0.1) is 42.3 Å². The fourth-order valence-corrected chi connectivity index (χ4v) is 3.24. The molecule has 1 amide bonds. The number of anilines is 2. The predicted molar refractivity (Wildman–Crippen MR) is 110 cm³/mol. The molecule has 3 aromatic rings. The summed E-state index contributed by atoms with van der Waals surface area (Å²) in [6.07, 6.45) is 2.95. The first-order valence-corrected chi connectivity index (χ1v) is 9.09. The second-order valence-corrected chi connectivity index (χ2v) is 6.49. The number of hydrogen-bond acceptors (Lipinski definition) is 8. The number of pyridine rings is 1. The van der Waals surface area contributed by atoms with Crippen LogP contribution in [0.2, 0.25) is 0 Å². The molecule has 0 saturated carbocycles. The molecule has 0 aliphatic carbocycles. The number of aromatic amines is 1. The van der Waals surface area contributed by atoms with Crippen molar-refractivity contribution in [2.24, 2.45) is 0 Å². The summed E-state index contributed by atoms with van der Waals surface area (Å²) in [5.74, 6) is -0.0583. The van der Waals surface area contributed by atoms with Crippen LogP contribution in [-0.2, 0) is 4.74 Å². The number of fused-ring (bicyclic) bond motifs is 2. The Balaban J connectivity index is 1.92. The number of rotatable bonds is 4. The standard InChI is InChI=1S/C21H17N5O5/c1-23-20(27)12-9-25-17(13-4-10(7-22)8-24-13)19-16(12)26-18-14(29-2)5-11(21(28)30-3)6-15(18)31-19/h4-6,8-9,24,26H,1-3H3,(H,23,27). The third kappa shape index (κ3) is 3.28. The average Bonchev–Trinajstić information content (AvgIpc) is 3.29. The zero-order chi connectivity index (χ0) is 22.1. The van der Waals surface area contributed by atoms with Crippen LogP contribution in [0.15, 0.2) is 30.6 Å². The van der Waals surface area contributed by atoms with E-state index in [9.17, 15) is 9.59 Å². The van der Waals surface area contributed by atoms with Gasteiger partial charge < -0.3 is 29.8 Å². The van der Waals surface area contributed by atoms with Gasteiger partial charge in [-0.2, -0.15) is 5.26 Å². The number of hydrogen-bond donors (Lipinski definition) is 3. The van der Waals surface area contributed by atoms with Gasteiger partial charge in [0.1, 0.15) is 23.2 Å². The molecule has 1 aromatic carbocycles. The minimum absolute atomic E-state index is 0.229. The minimum Gasteiger partial charge on any atom is -0.494 e. The molecule has 0 bridgehead atoms. The highest BCUT2D eigenvalue weighted by Crippen LogP contribution is 2.51. The van der Waals surface area contributed by atoms with Crippen LogP contribution in [0.3, 0.4) is 0 Å². The number of nitrogens with one attached hydrogen (secondary N) is 3. The van der Waals surface area contributed by atoms with Crippen molar-refractivity contribution in [1.29, 1.82) is 5.26 Å². The number of carbonyl (C=O) groups is 2. The van der Waals surface area contributed by atoms with Crippen LogP contribution >= 0.6 is 0 Å². The average molecular weight is 419 g/mol. The molecule has 1 aliphatic rings. The van der Waals surface area contributed by atoms with Crippen LogP contribution in [0.4, 0.5) is 11.4 Å². The first-order chi connectivity index (χ1) is 15.0. The Morgan fingerprint density at radius 2 is 2.03 bits per heavy atom. The predicted octanol–water partition coefficient (Wildman–Crippen LogP) is 2.95. The highest BCUT2D eigenvalue weighted by molar-refractivity contribution is 6.04. The van der Waals surface area contributed by atoms with Crippen molar-refractivity contribution in [2.45, 2.75) is 0 Å². The van der Waals surface area contributed by atoms with Crippen molar-refractivity contribution in [3.63, 3.8) is 0 Å². The Morgan fingerprint density at radius 3 is 2.68 bits per heavy atom. The van der Waals surface area contributed by atoms with Gasteiger partial charge >= 0.3 is 5.97 Å². The molecule has 3 heterocycles. The lowest BCUT2D eigenvalue weighted by molar-refractivity contribution is 0.0600. The van der Waals surface area contributed by atoms with E-state index in [1.165, 1.54) is 39.6 Å². The molecule has 0 unspecified atom stereocenters. The van der Waals surface area contributed by atoms with E-state index in [1.807, 2.05) is 6.07 Å². The number of esters is 1. The number of H-pyrrole nitrogens is 1. The van der Waals surface area contributed by atoms with Gasteiger partial charge in [-0.05, 0) is 18.2 Å². The van der Waals surface area contributed by atoms with Crippen molar-refractivity contribution in [1.82, 2.24) is 15.3 Å². The van der Waals surface area contributed by atoms with Crippen molar-refractivity contribution in [3.05, 3.63) is 47.3 Å². The fourth-order valence-electron chi connectivity index (χ4n) is 3.24. The molecule has 4 rings (SSSR count). The third-order valence-electron chi connectivity index (χ3n) is 4.74. The summed E-state index contributed by atoms with van der Waals surface area (Å²) in [5.41, 5.74) is 2.61. The third-order valence-corrected chi connectivity index (χ3v) is 4.74. The number of amides is 1. The van der Waals surface area contributed by atoms with Crippen LogP contribution in [0.1, 0.15) is 26.3 Å². The summed E-state index contributed by atoms with van der Waals surface area (Å²) >= 11 is 0. The molecule has 10 heteroatoms. The van der Waals surface area contributed by atoms with Crippen molar-refractivity contribution >= 4 is 23.3 Å². The van der Waals surface area contributed by atoms with Gasteiger partial charge in [-0.3, -0.25) is 4.79 Å². The van der Waals surface area contributed by atoms with Crippen LogP contribution in [0.5, 0.6) is 17.2 Å². The normalized spacial score (nSPS) is 11.2. The molecular weight excluding hydrogens is 402 g/mol. The Hall–Kier alpha value is -4.52. The molecule has 0 saturated heterocycles. The van der Waals surface area contributed by atoms with Gasteiger partial charge in [0, 0.05) is 19.4 Å². The van der Waals surface area contributed by atoms with Crippen molar-refractivity contribution in [2.75, 3.05) is 26.6 Å². The number of aromatic nitrogens is 2. The number of benzene rings is 1. The van der Waals surface area contributed by atoms with E-state index in [0.29, 0.717) is 34.1 Å². The molecule has 31 heavy (non-hydrogen) atoms. The Labute approximate surface area is 176 Å². The van der Waals surface area contributed by atoms with Gasteiger partial charge in [-0.25, -0.2) is 9.78 Å². The zero-order valence-electron chi connectivity index (χ0n) is 16.8. The Kier molecular flexibility index (Phi) is 4.92. The number of methoxy groups -OCH3 is 2. The smallest absolute Gasteiger partial charge is 0.338 e. The molecule has 2 aromatic heterocycles. The molecule has 1 aliphatic heterocycles. The SMILES string of the molecule is CNC(=O)c1cnc(-c2cc(C#N)c[nH]2)c2c1Nc1c(OC)cc(C(=O)OC)cc1O2. The summed E-state index contributed by atoms with van der Waals surface area (Å²) < 4.78 is 16.3. The van der Waals surface area contributed by atoms with Gasteiger partial charge in [0.2, 0.25) is 0 Å². The van der Waals surface area contributed by atoms with E-state index in [2.05, 4.69) is 20.6 Å². The summed E-state index contributed by atoms with van der Waals surface area (Å²) in [4.78, 5) is 31.9. The molecule has 3 N–H and O–H groups in total. The zero-order valence-corrected chi connectivity index (χ0v) is 16.8. The maximum absolute atomic E-state index is 12.4. The van der Waals surface area contributed by atoms with Crippen molar-refractivity contribution in [3.8, 4) is 34.7 Å². The molecular formula is C21H17N5O5. The van der Waals surface area contributed by atoms with Crippen LogP contribution < -0.4 is 20.1 Å². The highest BCUT2D eigenvalue weighted by Gasteiger charge is 2.30. The number of ether oxygens (including phenoxy) is 3. The van der Waals surface area contributed by atoms with Crippen LogP contribution in [0.25, 0.3) is 11.4 Å². The number of nitriles is 1. The van der Waals surface area contributed by atoms with E-state index in [-0.39, 0.29) is 28.5 Å². The lowest BCUT2D eigenvalue weighted by Crippen LogP contribution is -2.21. The van der Waals surface area contributed by atoms with E-state index < -0.39 is 5.97 Å². The summed E-state index contributed by atoms with van der Waals surface area (Å²) in [7, 11) is 4.24. The summed E-state index contributed by atoms with van der Waals surface area (Å²) in [5, 5.41) is 14.9. The first-order valence-electron chi connectivity index (χ1n) is 9.09. The fraction of sp³-hybridized carbons (Fsp3) is 0.143. The molecule has 0 spiro atoms. The molecule has 10 nitrogen and oxygen atoms in total. The number of carbonyl (C=O) groups excluding carboxylic acids is 2. The lowest BCUT2D eigenvalue weighted by atomic mass is 10.1. The highest BCUT2D eigenvalue weighted by atomic mass is 16.5. The minimum atomic E-state index is -0.559. The van der Waals surface area contributed by atoms with Gasteiger partial charge in [-0.1, -0.05) is 0 Å². The molecule has 0 atom stereocenters. The Morgan fingerprint density at radius 1 is 1.23 bits per heavy atom. The van der Waals surface area contributed by atoms with E-state index in [1.54, 1.807) is 12.3 Å². The topological polar surface area (TPSA) is 138 Å². The second-order valence-electron chi connectivity index (χ2n) is 6.49. The van der Waals surface area contributed by atoms with E-state index in [0.717, 1.165) is 0 Å². The molecule has 0 fully saturated rings. The summed E-state index contributed by atoms with van der Waals surface area (Å²) in [6, 6.07) is 6.68. The van der Waals surface area contributed by atoms with Gasteiger partial charge in [-0.15, -0.1) is 0 Å². The maximum Gasteiger partial charge on any atom is 0.338 e. The van der Waals surface area contributed by atoms with Crippen LogP contribution in [-0.4, -0.2) is 43.1 Å². The first kappa shape index (κ1) is 19.8. The van der Waals surface area contributed by atoms with Gasteiger partial charge in [0.25, 0.3) is 5.91 Å². The van der Waals surface area contributed by atoms with Crippen LogP contribution in [0, 0.1) is 11.3 Å².